The fraction of sp³-hybridized carbons (Fsp3) is 0.609. The molecule has 0 amide bonds. The Hall–Kier alpha value is -1.97. The first-order chi connectivity index (χ1) is 13.0. The lowest BCUT2D eigenvalue weighted by atomic mass is 10.00. The summed E-state index contributed by atoms with van der Waals surface area (Å²) >= 11 is 0. The van der Waals surface area contributed by atoms with E-state index in [9.17, 15) is 0 Å². The molecule has 27 heavy (non-hydrogen) atoms. The Morgan fingerprint density at radius 1 is 1.04 bits per heavy atom. The number of aromatic nitrogens is 2. The molecule has 0 saturated heterocycles. The van der Waals surface area contributed by atoms with Gasteiger partial charge in [-0.15, -0.1) is 0 Å². The topological polar surface area (TPSA) is 24.3 Å². The highest BCUT2D eigenvalue weighted by atomic mass is 15.4. The highest BCUT2D eigenvalue weighted by Crippen LogP contribution is 2.40. The highest BCUT2D eigenvalue weighted by Gasteiger charge is 2.29. The van der Waals surface area contributed by atoms with Gasteiger partial charge in [-0.05, 0) is 57.6 Å². The standard InChI is InChI=1S/C23H36N4/c1-7-9-13-26(12-8-2)23-20-11-10-14-27(22(20)24-25(23)6)21-18(4)15-17(3)16-19(21)5/h15-16H,7-14H2,1-6H3. The van der Waals surface area contributed by atoms with E-state index in [1.165, 1.54) is 65.3 Å². The fourth-order valence-electron chi connectivity index (χ4n) is 4.66. The van der Waals surface area contributed by atoms with Crippen LogP contribution in [-0.2, 0) is 13.5 Å². The van der Waals surface area contributed by atoms with Crippen LogP contribution >= 0.6 is 0 Å². The minimum absolute atomic E-state index is 1.05. The Morgan fingerprint density at radius 2 is 1.74 bits per heavy atom. The van der Waals surface area contributed by atoms with Gasteiger partial charge in [0.25, 0.3) is 0 Å². The summed E-state index contributed by atoms with van der Waals surface area (Å²) in [5, 5.41) is 5.03. The summed E-state index contributed by atoms with van der Waals surface area (Å²) in [7, 11) is 2.12. The molecule has 4 heteroatoms. The van der Waals surface area contributed by atoms with E-state index in [1.54, 1.807) is 0 Å². The van der Waals surface area contributed by atoms with E-state index >= 15 is 0 Å². The van der Waals surface area contributed by atoms with Crippen molar-refractivity contribution in [1.29, 1.82) is 0 Å². The molecule has 0 fully saturated rings. The third-order valence-electron chi connectivity index (χ3n) is 5.64. The van der Waals surface area contributed by atoms with Crippen LogP contribution in [0.15, 0.2) is 12.1 Å². The Balaban J connectivity index is 2.05. The van der Waals surface area contributed by atoms with Crippen LogP contribution in [-0.4, -0.2) is 29.4 Å². The highest BCUT2D eigenvalue weighted by molar-refractivity contribution is 5.74. The quantitative estimate of drug-likeness (QED) is 0.650. The van der Waals surface area contributed by atoms with E-state index < -0.39 is 0 Å². The van der Waals surface area contributed by atoms with Gasteiger partial charge in [0, 0.05) is 37.9 Å². The number of hydrogen-bond donors (Lipinski definition) is 0. The van der Waals surface area contributed by atoms with Gasteiger partial charge in [0.1, 0.15) is 5.82 Å². The normalized spacial score (nSPS) is 13.8. The molecule has 2 aromatic rings. The van der Waals surface area contributed by atoms with Gasteiger partial charge in [0.2, 0.25) is 0 Å². The average molecular weight is 369 g/mol. The van der Waals surface area contributed by atoms with Gasteiger partial charge >= 0.3 is 0 Å². The van der Waals surface area contributed by atoms with Gasteiger partial charge in [0.05, 0.1) is 0 Å². The zero-order valence-corrected chi connectivity index (χ0v) is 18.1. The number of aryl methyl sites for hydroxylation is 4. The van der Waals surface area contributed by atoms with E-state index in [1.807, 2.05) is 0 Å². The molecule has 1 aromatic carbocycles. The third-order valence-corrected chi connectivity index (χ3v) is 5.64. The first-order valence-electron chi connectivity index (χ1n) is 10.6. The first-order valence-corrected chi connectivity index (χ1v) is 10.6. The maximum Gasteiger partial charge on any atom is 0.160 e. The summed E-state index contributed by atoms with van der Waals surface area (Å²) in [6, 6.07) is 4.59. The number of benzene rings is 1. The minimum Gasteiger partial charge on any atom is -0.357 e. The van der Waals surface area contributed by atoms with Gasteiger partial charge in [-0.1, -0.05) is 38.0 Å². The second-order valence-corrected chi connectivity index (χ2v) is 8.09. The predicted octanol–water partition coefficient (Wildman–Crippen LogP) is 5.45. The van der Waals surface area contributed by atoms with Gasteiger partial charge in [-0.2, -0.15) is 5.10 Å². The van der Waals surface area contributed by atoms with Crippen molar-refractivity contribution in [2.24, 2.45) is 7.05 Å². The van der Waals surface area contributed by atoms with Crippen molar-refractivity contribution in [3.8, 4) is 0 Å². The molecule has 148 valence electrons. The molecular weight excluding hydrogens is 332 g/mol. The Morgan fingerprint density at radius 3 is 2.37 bits per heavy atom. The number of rotatable bonds is 7. The van der Waals surface area contributed by atoms with Crippen molar-refractivity contribution < 1.29 is 0 Å². The molecule has 1 aromatic heterocycles. The van der Waals surface area contributed by atoms with E-state index in [2.05, 4.69) is 68.3 Å². The zero-order chi connectivity index (χ0) is 19.6. The molecule has 0 atom stereocenters. The Labute approximate surface area is 165 Å². The monoisotopic (exact) mass is 368 g/mol. The summed E-state index contributed by atoms with van der Waals surface area (Å²) in [4.78, 5) is 5.03. The molecule has 0 spiro atoms. The summed E-state index contributed by atoms with van der Waals surface area (Å²) < 4.78 is 2.13. The molecule has 2 heterocycles. The number of fused-ring (bicyclic) bond motifs is 1. The van der Waals surface area contributed by atoms with Crippen LogP contribution in [0, 0.1) is 20.8 Å². The maximum absolute atomic E-state index is 5.03. The molecular formula is C23H36N4. The van der Waals surface area contributed by atoms with Crippen LogP contribution in [0.5, 0.6) is 0 Å². The first kappa shape index (κ1) is 19.8. The fourth-order valence-corrected chi connectivity index (χ4v) is 4.66. The lowest BCUT2D eigenvalue weighted by Crippen LogP contribution is -2.30. The SMILES string of the molecule is CCCCN(CCC)c1c2c(nn1C)N(c1c(C)cc(C)cc1C)CCC2. The molecule has 0 radical (unpaired) electrons. The van der Waals surface area contributed by atoms with E-state index in [4.69, 9.17) is 5.10 Å². The summed E-state index contributed by atoms with van der Waals surface area (Å²) in [5.74, 6) is 2.51. The van der Waals surface area contributed by atoms with Crippen LogP contribution in [0.1, 0.15) is 61.8 Å². The van der Waals surface area contributed by atoms with Crippen molar-refractivity contribution in [2.45, 2.75) is 66.7 Å². The maximum atomic E-state index is 5.03. The van der Waals surface area contributed by atoms with Crippen molar-refractivity contribution in [3.05, 3.63) is 34.4 Å². The smallest absolute Gasteiger partial charge is 0.160 e. The van der Waals surface area contributed by atoms with Crippen molar-refractivity contribution in [3.63, 3.8) is 0 Å². The van der Waals surface area contributed by atoms with Gasteiger partial charge in [-0.3, -0.25) is 4.68 Å². The summed E-state index contributed by atoms with van der Waals surface area (Å²) in [6.07, 6.45) is 5.95. The minimum atomic E-state index is 1.05. The molecule has 0 saturated carbocycles. The summed E-state index contributed by atoms with van der Waals surface area (Å²) in [5.41, 5.74) is 6.82. The van der Waals surface area contributed by atoms with Gasteiger partial charge < -0.3 is 9.80 Å². The molecule has 1 aliphatic rings. The predicted molar refractivity (Wildman–Crippen MR) is 117 cm³/mol. The largest absolute Gasteiger partial charge is 0.357 e. The zero-order valence-electron chi connectivity index (χ0n) is 18.1. The van der Waals surface area contributed by atoms with Crippen molar-refractivity contribution in [2.75, 3.05) is 29.4 Å². The van der Waals surface area contributed by atoms with Gasteiger partial charge in [-0.25, -0.2) is 0 Å². The van der Waals surface area contributed by atoms with Crippen molar-refractivity contribution >= 4 is 17.3 Å². The second kappa shape index (κ2) is 8.37. The number of anilines is 3. The lowest BCUT2D eigenvalue weighted by Gasteiger charge is -2.32. The Kier molecular flexibility index (Phi) is 6.13. The Bertz CT molecular complexity index is 767. The number of hydrogen-bond acceptors (Lipinski definition) is 3. The lowest BCUT2D eigenvalue weighted by molar-refractivity contribution is 0.658. The molecule has 3 rings (SSSR count). The van der Waals surface area contributed by atoms with Crippen LogP contribution in [0.2, 0.25) is 0 Å². The molecule has 1 aliphatic heterocycles. The van der Waals surface area contributed by atoms with Crippen LogP contribution in [0.4, 0.5) is 17.3 Å². The van der Waals surface area contributed by atoms with E-state index in [0.717, 1.165) is 26.1 Å². The average Bonchev–Trinajstić information content (AvgIpc) is 2.94. The van der Waals surface area contributed by atoms with Crippen molar-refractivity contribution in [1.82, 2.24) is 9.78 Å². The number of nitrogens with zero attached hydrogens (tertiary/aromatic N) is 4. The molecule has 4 nitrogen and oxygen atoms in total. The molecule has 0 N–H and O–H groups in total. The van der Waals surface area contributed by atoms with E-state index in [-0.39, 0.29) is 0 Å². The molecule has 0 aliphatic carbocycles. The van der Waals surface area contributed by atoms with Crippen LogP contribution in [0.25, 0.3) is 0 Å². The molecule has 0 unspecified atom stereocenters. The molecule has 0 bridgehead atoms. The van der Waals surface area contributed by atoms with E-state index in [0.29, 0.717) is 0 Å². The van der Waals surface area contributed by atoms with Crippen LogP contribution in [0.3, 0.4) is 0 Å². The van der Waals surface area contributed by atoms with Crippen LogP contribution < -0.4 is 9.80 Å². The third kappa shape index (κ3) is 3.85. The van der Waals surface area contributed by atoms with Gasteiger partial charge in [0.15, 0.2) is 5.82 Å². The number of unbranched alkanes of at least 4 members (excludes halogenated alkanes) is 1. The summed E-state index contributed by atoms with van der Waals surface area (Å²) in [6.45, 7) is 14.5. The second-order valence-electron chi connectivity index (χ2n) is 8.09.